The highest BCUT2D eigenvalue weighted by molar-refractivity contribution is 6.29. The minimum Gasteiger partial charge on any atom is -0.266 e. The first-order valence-corrected chi connectivity index (χ1v) is 6.24. The fourth-order valence-corrected chi connectivity index (χ4v) is 2.31. The number of nitrogens with zero attached hydrogens (tertiary/aromatic N) is 4. The predicted octanol–water partition coefficient (Wildman–Crippen LogP) is 2.96. The molecular formula is C13H9ClF2N4. The highest BCUT2D eigenvalue weighted by Gasteiger charge is 2.14. The zero-order valence-electron chi connectivity index (χ0n) is 10.4. The van der Waals surface area contributed by atoms with Crippen LogP contribution in [0.15, 0.2) is 24.3 Å². The van der Waals surface area contributed by atoms with Gasteiger partial charge in [0.2, 0.25) is 0 Å². The van der Waals surface area contributed by atoms with E-state index in [9.17, 15) is 8.78 Å². The van der Waals surface area contributed by atoms with Crippen molar-refractivity contribution >= 4 is 17.2 Å². The van der Waals surface area contributed by atoms with Gasteiger partial charge in [-0.05, 0) is 18.6 Å². The normalized spacial score (nSPS) is 11.2. The number of hydrogen-bond acceptors (Lipinski definition) is 3. The van der Waals surface area contributed by atoms with Crippen LogP contribution in [0.1, 0.15) is 17.2 Å². The van der Waals surface area contributed by atoms with Crippen molar-refractivity contribution in [1.82, 2.24) is 19.6 Å². The molecule has 0 saturated heterocycles. The molecule has 102 valence electrons. The summed E-state index contributed by atoms with van der Waals surface area (Å²) in [5.41, 5.74) is 0.739. The molecule has 0 bridgehead atoms. The standard InChI is InChI=1S/C13H9ClF2N4/c1-7-17-10(14)6-12-19-18-11(20(7)12)5-8-3-2-4-9(15)13(8)16/h2-4,6H,5H2,1H3. The molecule has 0 radical (unpaired) electrons. The molecule has 4 nitrogen and oxygen atoms in total. The number of aromatic nitrogens is 4. The van der Waals surface area contributed by atoms with Crippen LogP contribution in [0, 0.1) is 18.6 Å². The minimum atomic E-state index is -0.880. The molecule has 0 amide bonds. The Morgan fingerprint density at radius 1 is 1.25 bits per heavy atom. The van der Waals surface area contributed by atoms with Crippen molar-refractivity contribution in [2.45, 2.75) is 13.3 Å². The van der Waals surface area contributed by atoms with Crippen molar-refractivity contribution < 1.29 is 8.78 Å². The molecule has 2 heterocycles. The summed E-state index contributed by atoms with van der Waals surface area (Å²) in [4.78, 5) is 4.10. The summed E-state index contributed by atoms with van der Waals surface area (Å²) < 4.78 is 28.6. The third kappa shape index (κ3) is 2.12. The van der Waals surface area contributed by atoms with Gasteiger partial charge in [0.15, 0.2) is 17.3 Å². The Labute approximate surface area is 118 Å². The largest absolute Gasteiger partial charge is 0.266 e. The van der Waals surface area contributed by atoms with Crippen molar-refractivity contribution in [3.05, 3.63) is 58.3 Å². The Kier molecular flexibility index (Phi) is 3.10. The van der Waals surface area contributed by atoms with E-state index >= 15 is 0 Å². The molecule has 0 aliphatic heterocycles. The summed E-state index contributed by atoms with van der Waals surface area (Å²) >= 11 is 5.84. The molecule has 0 fully saturated rings. The number of aryl methyl sites for hydroxylation is 1. The van der Waals surface area contributed by atoms with Gasteiger partial charge < -0.3 is 0 Å². The van der Waals surface area contributed by atoms with Crippen molar-refractivity contribution in [2.24, 2.45) is 0 Å². The summed E-state index contributed by atoms with van der Waals surface area (Å²) in [6.45, 7) is 1.74. The van der Waals surface area contributed by atoms with E-state index in [4.69, 9.17) is 11.6 Å². The van der Waals surface area contributed by atoms with Crippen molar-refractivity contribution in [2.75, 3.05) is 0 Å². The lowest BCUT2D eigenvalue weighted by molar-refractivity contribution is 0.500. The van der Waals surface area contributed by atoms with Crippen LogP contribution in [-0.4, -0.2) is 19.6 Å². The lowest BCUT2D eigenvalue weighted by atomic mass is 10.1. The average molecular weight is 295 g/mol. The highest BCUT2D eigenvalue weighted by atomic mass is 35.5. The third-order valence-electron chi connectivity index (χ3n) is 2.98. The maximum atomic E-state index is 13.7. The van der Waals surface area contributed by atoms with Gasteiger partial charge in [-0.2, -0.15) is 0 Å². The van der Waals surface area contributed by atoms with E-state index in [1.807, 2.05) is 0 Å². The summed E-state index contributed by atoms with van der Waals surface area (Å²) in [7, 11) is 0. The van der Waals surface area contributed by atoms with E-state index in [2.05, 4.69) is 15.2 Å². The molecule has 3 aromatic rings. The van der Waals surface area contributed by atoms with Crippen LogP contribution in [0.3, 0.4) is 0 Å². The molecule has 0 spiro atoms. The zero-order chi connectivity index (χ0) is 14.3. The van der Waals surface area contributed by atoms with E-state index in [-0.39, 0.29) is 12.0 Å². The van der Waals surface area contributed by atoms with E-state index in [0.717, 1.165) is 6.07 Å². The first-order valence-electron chi connectivity index (χ1n) is 5.86. The molecular weight excluding hydrogens is 286 g/mol. The van der Waals surface area contributed by atoms with Crippen LogP contribution in [0.5, 0.6) is 0 Å². The number of fused-ring (bicyclic) bond motifs is 1. The van der Waals surface area contributed by atoms with Gasteiger partial charge in [0.05, 0.1) is 0 Å². The van der Waals surface area contributed by atoms with E-state index in [1.165, 1.54) is 12.1 Å². The molecule has 0 aliphatic rings. The second-order valence-electron chi connectivity index (χ2n) is 4.33. The maximum absolute atomic E-state index is 13.7. The Morgan fingerprint density at radius 3 is 2.85 bits per heavy atom. The Hall–Kier alpha value is -2.08. The number of benzene rings is 1. The molecule has 0 unspecified atom stereocenters. The van der Waals surface area contributed by atoms with Gasteiger partial charge in [0, 0.05) is 12.5 Å². The van der Waals surface area contributed by atoms with Gasteiger partial charge in [-0.3, -0.25) is 4.40 Å². The molecule has 7 heteroatoms. The number of hydrogen-bond donors (Lipinski definition) is 0. The van der Waals surface area contributed by atoms with Crippen molar-refractivity contribution in [3.8, 4) is 0 Å². The first-order chi connectivity index (χ1) is 9.56. The van der Waals surface area contributed by atoms with E-state index in [1.54, 1.807) is 17.4 Å². The molecule has 2 aromatic heterocycles. The van der Waals surface area contributed by atoms with Gasteiger partial charge >= 0.3 is 0 Å². The predicted molar refractivity (Wildman–Crippen MR) is 69.7 cm³/mol. The smallest absolute Gasteiger partial charge is 0.165 e. The molecule has 0 aliphatic carbocycles. The first kappa shape index (κ1) is 12.9. The van der Waals surface area contributed by atoms with Crippen LogP contribution in [-0.2, 0) is 6.42 Å². The monoisotopic (exact) mass is 294 g/mol. The van der Waals surface area contributed by atoms with E-state index in [0.29, 0.717) is 22.4 Å². The van der Waals surface area contributed by atoms with Crippen LogP contribution in [0.4, 0.5) is 8.78 Å². The Morgan fingerprint density at radius 2 is 2.05 bits per heavy atom. The Balaban J connectivity index is 2.10. The molecule has 0 N–H and O–H groups in total. The highest BCUT2D eigenvalue weighted by Crippen LogP contribution is 2.17. The zero-order valence-corrected chi connectivity index (χ0v) is 11.2. The summed E-state index contributed by atoms with van der Waals surface area (Å²) in [6.07, 6.45) is 0.120. The lowest BCUT2D eigenvalue weighted by Gasteiger charge is -2.05. The van der Waals surface area contributed by atoms with Crippen LogP contribution in [0.25, 0.3) is 5.65 Å². The van der Waals surface area contributed by atoms with E-state index < -0.39 is 11.6 Å². The van der Waals surface area contributed by atoms with Crippen LogP contribution < -0.4 is 0 Å². The third-order valence-corrected chi connectivity index (χ3v) is 3.17. The molecule has 0 atom stereocenters. The van der Waals surface area contributed by atoms with Gasteiger partial charge in [-0.15, -0.1) is 10.2 Å². The second-order valence-corrected chi connectivity index (χ2v) is 4.71. The number of halogens is 3. The topological polar surface area (TPSA) is 43.1 Å². The molecule has 20 heavy (non-hydrogen) atoms. The SMILES string of the molecule is Cc1nc(Cl)cc2nnc(Cc3cccc(F)c3F)n12. The van der Waals surface area contributed by atoms with Crippen LogP contribution >= 0.6 is 11.6 Å². The fraction of sp³-hybridized carbons (Fsp3) is 0.154. The Bertz CT molecular complexity index is 800. The quantitative estimate of drug-likeness (QED) is 0.683. The molecule has 3 rings (SSSR count). The fourth-order valence-electron chi connectivity index (χ4n) is 2.09. The minimum absolute atomic E-state index is 0.120. The maximum Gasteiger partial charge on any atom is 0.165 e. The number of rotatable bonds is 2. The second kappa shape index (κ2) is 4.79. The lowest BCUT2D eigenvalue weighted by Crippen LogP contribution is -2.04. The van der Waals surface area contributed by atoms with Crippen molar-refractivity contribution in [1.29, 1.82) is 0 Å². The van der Waals surface area contributed by atoms with Gasteiger partial charge in [-0.25, -0.2) is 13.8 Å². The van der Waals surface area contributed by atoms with Gasteiger partial charge in [-0.1, -0.05) is 23.7 Å². The van der Waals surface area contributed by atoms with Crippen molar-refractivity contribution in [3.63, 3.8) is 0 Å². The molecule has 1 aromatic carbocycles. The average Bonchev–Trinajstić information content (AvgIpc) is 2.78. The summed E-state index contributed by atoms with van der Waals surface area (Å²) in [6, 6.07) is 5.61. The molecule has 0 saturated carbocycles. The van der Waals surface area contributed by atoms with Gasteiger partial charge in [0.25, 0.3) is 0 Å². The summed E-state index contributed by atoms with van der Waals surface area (Å²) in [5, 5.41) is 8.26. The van der Waals surface area contributed by atoms with Gasteiger partial charge in [0.1, 0.15) is 16.8 Å². The van der Waals surface area contributed by atoms with Crippen LogP contribution in [0.2, 0.25) is 5.15 Å². The summed E-state index contributed by atoms with van der Waals surface area (Å²) in [5.74, 6) is -0.687.